The van der Waals surface area contributed by atoms with E-state index >= 15 is 0 Å². The van der Waals surface area contributed by atoms with E-state index in [0.717, 1.165) is 0 Å². The number of nitrogens with zero attached hydrogens (tertiary/aromatic N) is 2. The van der Waals surface area contributed by atoms with Gasteiger partial charge >= 0.3 is 0 Å². The fourth-order valence-electron chi connectivity index (χ4n) is 0.196. The maximum absolute atomic E-state index is 3.55. The van der Waals surface area contributed by atoms with E-state index in [0.29, 0.717) is 6.54 Å². The Morgan fingerprint density at radius 2 is 2.14 bits per heavy atom. The average molecular weight is 96.1 g/mol. The normalized spacial score (nSPS) is 9.14. The largest absolute Gasteiger partial charge is 0.297 e. The molecule has 0 fully saturated rings. The van der Waals surface area contributed by atoms with Crippen LogP contribution in [0, 0.1) is 0 Å². The summed E-state index contributed by atoms with van der Waals surface area (Å²) in [5, 5.41) is 0. The molecule has 0 heterocycles. The van der Waals surface area contributed by atoms with Gasteiger partial charge in [-0.2, -0.15) is 0 Å². The van der Waals surface area contributed by atoms with Crippen molar-refractivity contribution in [1.29, 1.82) is 0 Å². The molecule has 0 spiro atoms. The minimum absolute atomic E-state index is 0.624. The third kappa shape index (κ3) is 5.08. The van der Waals surface area contributed by atoms with E-state index in [9.17, 15) is 0 Å². The minimum atomic E-state index is 0.624. The molecule has 0 unspecified atom stereocenters. The molecule has 0 saturated heterocycles. The maximum Gasteiger partial charge on any atom is 0.0580 e. The van der Waals surface area contributed by atoms with Gasteiger partial charge in [-0.25, -0.2) is 0 Å². The van der Waals surface area contributed by atoms with E-state index in [1.54, 1.807) is 12.3 Å². The highest BCUT2D eigenvalue weighted by molar-refractivity contribution is 5.26. The van der Waals surface area contributed by atoms with E-state index in [1.165, 1.54) is 0 Å². The summed E-state index contributed by atoms with van der Waals surface area (Å²) in [7, 11) is 0. The second-order valence-electron chi connectivity index (χ2n) is 0.974. The van der Waals surface area contributed by atoms with Crippen LogP contribution in [0.2, 0.25) is 0 Å². The summed E-state index contributed by atoms with van der Waals surface area (Å²) in [6.07, 6.45) is 3.37. The highest BCUT2D eigenvalue weighted by Crippen LogP contribution is 1.71. The fraction of sp³-hybridized carbons (Fsp3) is 0.200. The van der Waals surface area contributed by atoms with E-state index in [4.69, 9.17) is 0 Å². The predicted molar refractivity (Wildman–Crippen MR) is 33.1 cm³/mol. The Labute approximate surface area is 43.3 Å². The molecule has 38 valence electrons. The van der Waals surface area contributed by atoms with Crippen LogP contribution >= 0.6 is 0 Å². The van der Waals surface area contributed by atoms with Gasteiger partial charge in [0.05, 0.1) is 6.54 Å². The van der Waals surface area contributed by atoms with Crippen LogP contribution < -0.4 is 0 Å². The van der Waals surface area contributed by atoms with Gasteiger partial charge in [-0.3, -0.25) is 9.98 Å². The number of aliphatic imine (C=N–C) groups is 2. The van der Waals surface area contributed by atoms with Crippen molar-refractivity contribution in [3.8, 4) is 0 Å². The van der Waals surface area contributed by atoms with Gasteiger partial charge < -0.3 is 0 Å². The molecule has 0 aliphatic carbocycles. The molecule has 0 aromatic rings. The van der Waals surface area contributed by atoms with E-state index in [1.807, 2.05) is 0 Å². The summed E-state index contributed by atoms with van der Waals surface area (Å²) in [6, 6.07) is 0. The van der Waals surface area contributed by atoms with E-state index < -0.39 is 0 Å². The third-order valence-electron chi connectivity index (χ3n) is 0.445. The summed E-state index contributed by atoms with van der Waals surface area (Å²) >= 11 is 0. The lowest BCUT2D eigenvalue weighted by molar-refractivity contribution is 1.26. The first-order valence-electron chi connectivity index (χ1n) is 1.95. The molecule has 2 heteroatoms. The molecular weight excluding hydrogens is 88.1 g/mol. The molecule has 0 bridgehead atoms. The van der Waals surface area contributed by atoms with Crippen LogP contribution in [-0.4, -0.2) is 20.0 Å². The molecule has 0 aliphatic rings. The number of hydrogen-bond donors (Lipinski definition) is 0. The molecule has 0 atom stereocenters. The van der Waals surface area contributed by atoms with Crippen LogP contribution in [-0.2, 0) is 0 Å². The summed E-state index contributed by atoms with van der Waals surface area (Å²) in [5.41, 5.74) is 0. The number of hydrogen-bond acceptors (Lipinski definition) is 2. The van der Waals surface area contributed by atoms with Gasteiger partial charge in [0.15, 0.2) is 0 Å². The quantitative estimate of drug-likeness (QED) is 0.466. The van der Waals surface area contributed by atoms with Gasteiger partial charge in [-0.15, -0.1) is 0 Å². The fourth-order valence-corrected chi connectivity index (χ4v) is 0.196. The molecule has 7 heavy (non-hydrogen) atoms. The Morgan fingerprint density at radius 3 is 2.57 bits per heavy atom. The van der Waals surface area contributed by atoms with Crippen LogP contribution in [0.4, 0.5) is 0 Å². The highest BCUT2D eigenvalue weighted by atomic mass is 14.7. The van der Waals surface area contributed by atoms with Crippen molar-refractivity contribution >= 4 is 13.4 Å². The zero-order chi connectivity index (χ0) is 5.54. The second-order valence-corrected chi connectivity index (χ2v) is 0.974. The standard InChI is InChI=1S/C5H8N2/c1-6-4-3-5-7-2/h3-4H,1-2,5H2/b4-3-. The zero-order valence-corrected chi connectivity index (χ0v) is 4.17. The van der Waals surface area contributed by atoms with Crippen LogP contribution in [0.15, 0.2) is 22.3 Å². The topological polar surface area (TPSA) is 24.7 Å². The molecule has 0 saturated carbocycles. The summed E-state index contributed by atoms with van der Waals surface area (Å²) in [5.74, 6) is 0. The smallest absolute Gasteiger partial charge is 0.0580 e. The van der Waals surface area contributed by atoms with Gasteiger partial charge in [-0.05, 0) is 19.5 Å². The Morgan fingerprint density at radius 1 is 1.43 bits per heavy atom. The van der Waals surface area contributed by atoms with Crippen molar-refractivity contribution in [2.24, 2.45) is 9.98 Å². The summed E-state index contributed by atoms with van der Waals surface area (Å²) < 4.78 is 0. The molecule has 2 nitrogen and oxygen atoms in total. The molecule has 0 N–H and O–H groups in total. The SMILES string of the molecule is C=N/C=C\CN=C. The monoisotopic (exact) mass is 96.1 g/mol. The first-order chi connectivity index (χ1) is 3.41. The zero-order valence-electron chi connectivity index (χ0n) is 4.17. The molecule has 0 radical (unpaired) electrons. The van der Waals surface area contributed by atoms with Crippen molar-refractivity contribution in [2.75, 3.05) is 6.54 Å². The van der Waals surface area contributed by atoms with Crippen molar-refractivity contribution < 1.29 is 0 Å². The first-order valence-corrected chi connectivity index (χ1v) is 1.95. The van der Waals surface area contributed by atoms with Gasteiger partial charge in [0.2, 0.25) is 0 Å². The molecule has 0 aromatic carbocycles. The van der Waals surface area contributed by atoms with Gasteiger partial charge in [0.25, 0.3) is 0 Å². The summed E-state index contributed by atoms with van der Waals surface area (Å²) in [4.78, 5) is 7.00. The molecule has 0 rings (SSSR count). The molecule has 0 aliphatic heterocycles. The molecule has 0 aromatic heterocycles. The third-order valence-corrected chi connectivity index (χ3v) is 0.445. The predicted octanol–water partition coefficient (Wildman–Crippen LogP) is 0.901. The van der Waals surface area contributed by atoms with Gasteiger partial charge in [0.1, 0.15) is 0 Å². The lowest BCUT2D eigenvalue weighted by Gasteiger charge is -1.72. The van der Waals surface area contributed by atoms with Crippen molar-refractivity contribution in [2.45, 2.75) is 0 Å². The lowest BCUT2D eigenvalue weighted by Crippen LogP contribution is -1.64. The molecule has 0 amide bonds. The Kier molecular flexibility index (Phi) is 4.41. The van der Waals surface area contributed by atoms with Crippen LogP contribution in [0.25, 0.3) is 0 Å². The van der Waals surface area contributed by atoms with Crippen LogP contribution in [0.5, 0.6) is 0 Å². The Hall–Kier alpha value is -0.920. The second kappa shape index (κ2) is 5.08. The van der Waals surface area contributed by atoms with E-state index in [2.05, 4.69) is 23.4 Å². The van der Waals surface area contributed by atoms with Crippen molar-refractivity contribution in [1.82, 2.24) is 0 Å². The van der Waals surface area contributed by atoms with E-state index in [-0.39, 0.29) is 0 Å². The molecular formula is C5H8N2. The summed E-state index contributed by atoms with van der Waals surface area (Å²) in [6.45, 7) is 7.13. The average Bonchev–Trinajstić information content (AvgIpc) is 1.69. The number of rotatable bonds is 3. The first kappa shape index (κ1) is 6.08. The van der Waals surface area contributed by atoms with Crippen LogP contribution in [0.3, 0.4) is 0 Å². The Bertz CT molecular complexity index is 84.1. The Balaban J connectivity index is 3.08. The van der Waals surface area contributed by atoms with Crippen LogP contribution in [0.1, 0.15) is 0 Å². The van der Waals surface area contributed by atoms with Crippen molar-refractivity contribution in [3.05, 3.63) is 12.3 Å². The van der Waals surface area contributed by atoms with Gasteiger partial charge in [-0.1, -0.05) is 0 Å². The minimum Gasteiger partial charge on any atom is -0.297 e. The maximum atomic E-state index is 3.55. The lowest BCUT2D eigenvalue weighted by atomic mass is 10.6. The van der Waals surface area contributed by atoms with Crippen molar-refractivity contribution in [3.63, 3.8) is 0 Å². The van der Waals surface area contributed by atoms with Gasteiger partial charge in [0, 0.05) is 6.20 Å². The highest BCUT2D eigenvalue weighted by Gasteiger charge is 1.60.